The molecule has 0 aliphatic heterocycles. The largest absolute Gasteiger partial charge is 0.302 e. The van der Waals surface area contributed by atoms with Gasteiger partial charge in [0.2, 0.25) is 0 Å². The Kier molecular flexibility index (Phi) is 4.31. The van der Waals surface area contributed by atoms with Crippen molar-refractivity contribution in [1.82, 2.24) is 10.3 Å². The van der Waals surface area contributed by atoms with Gasteiger partial charge in [-0.25, -0.2) is 0 Å². The van der Waals surface area contributed by atoms with E-state index in [1.54, 1.807) is 12.4 Å². The first-order valence-corrected chi connectivity index (χ1v) is 4.41. The van der Waals surface area contributed by atoms with Crippen LogP contribution >= 0.6 is 11.6 Å². The van der Waals surface area contributed by atoms with E-state index in [9.17, 15) is 0 Å². The maximum atomic E-state index is 5.90. The maximum Gasteiger partial charge on any atom is 0.0634 e. The van der Waals surface area contributed by atoms with Gasteiger partial charge in [0.25, 0.3) is 0 Å². The van der Waals surface area contributed by atoms with Crippen molar-refractivity contribution < 1.29 is 0 Å². The maximum absolute atomic E-state index is 5.90. The highest BCUT2D eigenvalue weighted by molar-refractivity contribution is 6.31. The Bertz CT molecular complexity index is 325. The third-order valence-electron chi connectivity index (χ3n) is 1.56. The van der Waals surface area contributed by atoms with Crippen LogP contribution < -0.4 is 5.32 Å². The van der Waals surface area contributed by atoms with Crippen LogP contribution in [-0.2, 0) is 6.54 Å². The normalized spacial score (nSPS) is 9.08. The van der Waals surface area contributed by atoms with E-state index in [1.165, 1.54) is 0 Å². The minimum Gasteiger partial charge on any atom is -0.302 e. The lowest BCUT2D eigenvalue weighted by Crippen LogP contribution is -2.13. The molecule has 0 amide bonds. The number of rotatable bonds is 3. The Labute approximate surface area is 83.3 Å². The molecule has 13 heavy (non-hydrogen) atoms. The number of aromatic nitrogens is 1. The number of hydrogen-bond acceptors (Lipinski definition) is 2. The number of nitrogens with one attached hydrogen (secondary N) is 1. The van der Waals surface area contributed by atoms with E-state index in [0.717, 1.165) is 12.1 Å². The van der Waals surface area contributed by atoms with Crippen molar-refractivity contribution in [3.05, 3.63) is 29.0 Å². The molecule has 0 aliphatic rings. The topological polar surface area (TPSA) is 24.9 Å². The van der Waals surface area contributed by atoms with Crippen LogP contribution in [0.5, 0.6) is 0 Å². The molecule has 1 heterocycles. The Morgan fingerprint density at radius 2 is 2.46 bits per heavy atom. The fourth-order valence-corrected chi connectivity index (χ4v) is 1.08. The van der Waals surface area contributed by atoms with Crippen LogP contribution in [0.4, 0.5) is 0 Å². The summed E-state index contributed by atoms with van der Waals surface area (Å²) < 4.78 is 0. The van der Waals surface area contributed by atoms with Crippen molar-refractivity contribution in [1.29, 1.82) is 0 Å². The van der Waals surface area contributed by atoms with E-state index < -0.39 is 0 Å². The second-order valence-electron chi connectivity index (χ2n) is 2.50. The zero-order chi connectivity index (χ0) is 9.52. The third-order valence-corrected chi connectivity index (χ3v) is 1.90. The first kappa shape index (κ1) is 10.0. The molecule has 0 saturated carbocycles. The summed E-state index contributed by atoms with van der Waals surface area (Å²) in [4.78, 5) is 3.90. The van der Waals surface area contributed by atoms with Gasteiger partial charge in [0.1, 0.15) is 0 Å². The average molecular weight is 195 g/mol. The zero-order valence-electron chi connectivity index (χ0n) is 7.47. The van der Waals surface area contributed by atoms with Crippen molar-refractivity contribution in [3.8, 4) is 11.8 Å². The molecule has 0 spiro atoms. The van der Waals surface area contributed by atoms with Crippen LogP contribution in [0.1, 0.15) is 12.5 Å². The first-order valence-electron chi connectivity index (χ1n) is 4.03. The average Bonchev–Trinajstić information content (AvgIpc) is 2.15. The molecular weight excluding hydrogens is 184 g/mol. The predicted octanol–water partition coefficient (Wildman–Crippen LogP) is 1.85. The Hall–Kier alpha value is -1.04. The SMILES string of the molecule is CC#CCNCc1ccncc1Cl. The second kappa shape index (κ2) is 5.58. The predicted molar refractivity (Wildman–Crippen MR) is 54.4 cm³/mol. The van der Waals surface area contributed by atoms with E-state index >= 15 is 0 Å². The Balaban J connectivity index is 2.44. The monoisotopic (exact) mass is 194 g/mol. The van der Waals surface area contributed by atoms with Gasteiger partial charge in [-0.1, -0.05) is 17.5 Å². The quantitative estimate of drug-likeness (QED) is 0.587. The highest BCUT2D eigenvalue weighted by atomic mass is 35.5. The fourth-order valence-electron chi connectivity index (χ4n) is 0.895. The van der Waals surface area contributed by atoms with Crippen molar-refractivity contribution >= 4 is 11.6 Å². The molecule has 1 aromatic rings. The first-order chi connectivity index (χ1) is 6.34. The summed E-state index contributed by atoms with van der Waals surface area (Å²) in [7, 11) is 0. The van der Waals surface area contributed by atoms with Crippen molar-refractivity contribution in [2.45, 2.75) is 13.5 Å². The van der Waals surface area contributed by atoms with E-state index in [-0.39, 0.29) is 0 Å². The molecule has 0 aliphatic carbocycles. The van der Waals surface area contributed by atoms with Gasteiger partial charge in [-0.05, 0) is 18.6 Å². The lowest BCUT2D eigenvalue weighted by atomic mass is 10.3. The molecule has 2 nitrogen and oxygen atoms in total. The number of halogens is 1. The highest BCUT2D eigenvalue weighted by Crippen LogP contribution is 2.12. The lowest BCUT2D eigenvalue weighted by molar-refractivity contribution is 0.769. The summed E-state index contributed by atoms with van der Waals surface area (Å²) in [5.41, 5.74) is 1.05. The number of nitrogens with zero attached hydrogens (tertiary/aromatic N) is 1. The minimum absolute atomic E-state index is 0.690. The van der Waals surface area contributed by atoms with Crippen LogP contribution in [0.2, 0.25) is 5.02 Å². The second-order valence-corrected chi connectivity index (χ2v) is 2.90. The summed E-state index contributed by atoms with van der Waals surface area (Å²) in [5, 5.41) is 3.85. The molecule has 1 N–H and O–H groups in total. The van der Waals surface area contributed by atoms with Crippen LogP contribution in [0.15, 0.2) is 18.5 Å². The molecule has 0 bridgehead atoms. The van der Waals surface area contributed by atoms with E-state index in [2.05, 4.69) is 22.1 Å². The molecule has 0 saturated heterocycles. The number of pyridine rings is 1. The molecule has 1 aromatic heterocycles. The van der Waals surface area contributed by atoms with Gasteiger partial charge in [-0.3, -0.25) is 4.98 Å². The van der Waals surface area contributed by atoms with Gasteiger partial charge in [0.05, 0.1) is 11.6 Å². The summed E-state index contributed by atoms with van der Waals surface area (Å²) >= 11 is 5.90. The van der Waals surface area contributed by atoms with Gasteiger partial charge in [0, 0.05) is 18.9 Å². The summed E-state index contributed by atoms with van der Waals surface area (Å²) in [6, 6.07) is 1.90. The fraction of sp³-hybridized carbons (Fsp3) is 0.300. The Morgan fingerprint density at radius 1 is 1.62 bits per heavy atom. The molecule has 0 unspecified atom stereocenters. The molecule has 68 valence electrons. The smallest absolute Gasteiger partial charge is 0.0634 e. The lowest BCUT2D eigenvalue weighted by Gasteiger charge is -2.02. The summed E-state index contributed by atoms with van der Waals surface area (Å²) in [6.45, 7) is 3.24. The third kappa shape index (κ3) is 3.45. The van der Waals surface area contributed by atoms with Crippen LogP contribution in [0.3, 0.4) is 0 Å². The van der Waals surface area contributed by atoms with Crippen LogP contribution in [-0.4, -0.2) is 11.5 Å². The molecule has 0 fully saturated rings. The van der Waals surface area contributed by atoms with Gasteiger partial charge < -0.3 is 5.32 Å². The van der Waals surface area contributed by atoms with Gasteiger partial charge in [0.15, 0.2) is 0 Å². The van der Waals surface area contributed by atoms with Gasteiger partial charge in [-0.15, -0.1) is 5.92 Å². The van der Waals surface area contributed by atoms with Gasteiger partial charge in [-0.2, -0.15) is 0 Å². The van der Waals surface area contributed by atoms with E-state index in [4.69, 9.17) is 11.6 Å². The standard InChI is InChI=1S/C10H11ClN2/c1-2-3-5-12-7-9-4-6-13-8-10(9)11/h4,6,8,12H,5,7H2,1H3. The van der Waals surface area contributed by atoms with E-state index in [1.807, 2.05) is 13.0 Å². The molecule has 0 aromatic carbocycles. The van der Waals surface area contributed by atoms with Crippen molar-refractivity contribution in [2.75, 3.05) is 6.54 Å². The van der Waals surface area contributed by atoms with Crippen LogP contribution in [0, 0.1) is 11.8 Å². The van der Waals surface area contributed by atoms with Crippen LogP contribution in [0.25, 0.3) is 0 Å². The Morgan fingerprint density at radius 3 is 3.15 bits per heavy atom. The van der Waals surface area contributed by atoms with Crippen molar-refractivity contribution in [3.63, 3.8) is 0 Å². The minimum atomic E-state index is 0.690. The van der Waals surface area contributed by atoms with Gasteiger partial charge >= 0.3 is 0 Å². The zero-order valence-corrected chi connectivity index (χ0v) is 8.23. The molecule has 1 rings (SSSR count). The highest BCUT2D eigenvalue weighted by Gasteiger charge is 1.96. The molecule has 0 radical (unpaired) electrons. The summed E-state index contributed by atoms with van der Waals surface area (Å²) in [5.74, 6) is 5.73. The summed E-state index contributed by atoms with van der Waals surface area (Å²) in [6.07, 6.45) is 3.37. The molecule has 0 atom stereocenters. The molecular formula is C10H11ClN2. The van der Waals surface area contributed by atoms with Crippen molar-refractivity contribution in [2.24, 2.45) is 0 Å². The van der Waals surface area contributed by atoms with E-state index in [0.29, 0.717) is 11.6 Å². The molecule has 3 heteroatoms. The number of hydrogen-bond donors (Lipinski definition) is 1.